The van der Waals surface area contributed by atoms with E-state index in [-0.39, 0.29) is 12.0 Å². The van der Waals surface area contributed by atoms with Crippen LogP contribution in [0.4, 0.5) is 0 Å². The van der Waals surface area contributed by atoms with Gasteiger partial charge in [-0.25, -0.2) is 13.1 Å². The molecule has 0 spiro atoms. The summed E-state index contributed by atoms with van der Waals surface area (Å²) in [4.78, 5) is 0.328. The number of hydrogen-bond acceptors (Lipinski definition) is 3. The molecule has 0 heterocycles. The number of hydrogen-bond donors (Lipinski definition) is 2. The van der Waals surface area contributed by atoms with E-state index < -0.39 is 10.0 Å². The van der Waals surface area contributed by atoms with E-state index in [0.29, 0.717) is 11.4 Å². The SMILES string of the molecule is Cc1ccc(S(=O)(=O)NCC2(CO)CCCC2)c(C)c1. The van der Waals surface area contributed by atoms with Crippen molar-refractivity contribution in [3.8, 4) is 0 Å². The number of aliphatic hydroxyl groups is 1. The van der Waals surface area contributed by atoms with Gasteiger partial charge in [0, 0.05) is 18.6 Å². The smallest absolute Gasteiger partial charge is 0.240 e. The second-order valence-corrected chi connectivity index (χ2v) is 7.69. The van der Waals surface area contributed by atoms with Crippen molar-refractivity contribution in [3.05, 3.63) is 29.3 Å². The molecule has 0 bridgehead atoms. The van der Waals surface area contributed by atoms with Gasteiger partial charge in [0.1, 0.15) is 0 Å². The molecule has 0 unspecified atom stereocenters. The monoisotopic (exact) mass is 297 g/mol. The third kappa shape index (κ3) is 3.22. The van der Waals surface area contributed by atoms with Crippen molar-refractivity contribution in [2.75, 3.05) is 13.2 Å². The van der Waals surface area contributed by atoms with Crippen LogP contribution in [0.25, 0.3) is 0 Å². The van der Waals surface area contributed by atoms with Gasteiger partial charge >= 0.3 is 0 Å². The summed E-state index contributed by atoms with van der Waals surface area (Å²) in [5.41, 5.74) is 1.53. The molecule has 0 atom stereocenters. The Balaban J connectivity index is 2.15. The number of rotatable bonds is 5. The molecule has 0 amide bonds. The first kappa shape index (κ1) is 15.5. The Morgan fingerprint density at radius 2 is 1.90 bits per heavy atom. The van der Waals surface area contributed by atoms with Gasteiger partial charge in [-0.15, -0.1) is 0 Å². The normalized spacial score (nSPS) is 18.4. The number of nitrogens with one attached hydrogen (secondary N) is 1. The van der Waals surface area contributed by atoms with Crippen LogP contribution in [-0.4, -0.2) is 26.7 Å². The maximum atomic E-state index is 12.4. The molecule has 1 saturated carbocycles. The highest BCUT2D eigenvalue weighted by molar-refractivity contribution is 7.89. The van der Waals surface area contributed by atoms with E-state index in [1.54, 1.807) is 19.1 Å². The van der Waals surface area contributed by atoms with Gasteiger partial charge in [0.2, 0.25) is 10.0 Å². The number of aliphatic hydroxyl groups excluding tert-OH is 1. The van der Waals surface area contributed by atoms with Crippen LogP contribution in [0.1, 0.15) is 36.8 Å². The minimum atomic E-state index is -3.50. The molecule has 1 aliphatic carbocycles. The summed E-state index contributed by atoms with van der Waals surface area (Å²) in [6.07, 6.45) is 3.90. The molecule has 0 saturated heterocycles. The van der Waals surface area contributed by atoms with E-state index in [1.807, 2.05) is 13.0 Å². The van der Waals surface area contributed by atoms with E-state index in [1.165, 1.54) is 0 Å². The Kier molecular flexibility index (Phi) is 4.52. The minimum absolute atomic E-state index is 0.0440. The van der Waals surface area contributed by atoms with E-state index in [2.05, 4.69) is 4.72 Å². The van der Waals surface area contributed by atoms with Crippen molar-refractivity contribution in [2.45, 2.75) is 44.4 Å². The molecule has 1 aliphatic rings. The highest BCUT2D eigenvalue weighted by Gasteiger charge is 2.34. The zero-order valence-electron chi connectivity index (χ0n) is 12.1. The van der Waals surface area contributed by atoms with Crippen LogP contribution >= 0.6 is 0 Å². The topological polar surface area (TPSA) is 66.4 Å². The number of aryl methyl sites for hydroxylation is 2. The summed E-state index contributed by atoms with van der Waals surface area (Å²) < 4.78 is 27.5. The Bertz CT molecular complexity index is 575. The molecule has 1 aromatic rings. The molecule has 2 N–H and O–H groups in total. The lowest BCUT2D eigenvalue weighted by molar-refractivity contribution is 0.134. The van der Waals surface area contributed by atoms with Crippen LogP contribution in [-0.2, 0) is 10.0 Å². The molecule has 2 rings (SSSR count). The van der Waals surface area contributed by atoms with Crippen LogP contribution < -0.4 is 4.72 Å². The van der Waals surface area contributed by atoms with Crippen LogP contribution in [0.15, 0.2) is 23.1 Å². The van der Waals surface area contributed by atoms with Gasteiger partial charge in [-0.3, -0.25) is 0 Å². The Labute approximate surface area is 121 Å². The van der Waals surface area contributed by atoms with Gasteiger partial charge in [-0.05, 0) is 38.3 Å². The summed E-state index contributed by atoms with van der Waals surface area (Å²) in [5.74, 6) is 0. The van der Waals surface area contributed by atoms with Gasteiger partial charge in [-0.1, -0.05) is 30.5 Å². The first-order chi connectivity index (χ1) is 9.38. The summed E-state index contributed by atoms with van der Waals surface area (Å²) >= 11 is 0. The maximum absolute atomic E-state index is 12.4. The lowest BCUT2D eigenvalue weighted by Crippen LogP contribution is -2.38. The molecule has 0 radical (unpaired) electrons. The fourth-order valence-electron chi connectivity index (χ4n) is 2.94. The van der Waals surface area contributed by atoms with Gasteiger partial charge in [0.15, 0.2) is 0 Å². The average Bonchev–Trinajstić information content (AvgIpc) is 2.85. The Hall–Kier alpha value is -0.910. The second kappa shape index (κ2) is 5.84. The standard InChI is InChI=1S/C15H23NO3S/c1-12-5-6-14(13(2)9-12)20(18,19)16-10-15(11-17)7-3-4-8-15/h5-6,9,16-17H,3-4,7-8,10-11H2,1-2H3. The molecule has 0 aromatic heterocycles. The van der Waals surface area contributed by atoms with E-state index in [0.717, 1.165) is 36.8 Å². The second-order valence-electron chi connectivity index (χ2n) is 5.96. The van der Waals surface area contributed by atoms with Crippen LogP contribution in [0.2, 0.25) is 0 Å². The van der Waals surface area contributed by atoms with Gasteiger partial charge in [0.05, 0.1) is 4.90 Å². The highest BCUT2D eigenvalue weighted by Crippen LogP contribution is 2.37. The zero-order chi connectivity index (χ0) is 14.8. The lowest BCUT2D eigenvalue weighted by atomic mass is 9.88. The molecular formula is C15H23NO3S. The van der Waals surface area contributed by atoms with Crippen LogP contribution in [0.3, 0.4) is 0 Å². The quantitative estimate of drug-likeness (QED) is 0.875. The van der Waals surface area contributed by atoms with Crippen LogP contribution in [0, 0.1) is 19.3 Å². The molecule has 112 valence electrons. The van der Waals surface area contributed by atoms with Crippen molar-refractivity contribution >= 4 is 10.0 Å². The third-order valence-electron chi connectivity index (χ3n) is 4.26. The average molecular weight is 297 g/mol. The molecule has 5 heteroatoms. The first-order valence-electron chi connectivity index (χ1n) is 7.06. The van der Waals surface area contributed by atoms with Gasteiger partial charge < -0.3 is 5.11 Å². The molecule has 4 nitrogen and oxygen atoms in total. The predicted octanol–water partition coefficient (Wildman–Crippen LogP) is 2.13. The maximum Gasteiger partial charge on any atom is 0.240 e. The fourth-order valence-corrected chi connectivity index (χ4v) is 4.32. The van der Waals surface area contributed by atoms with E-state index >= 15 is 0 Å². The van der Waals surface area contributed by atoms with Crippen molar-refractivity contribution in [1.82, 2.24) is 4.72 Å². The Morgan fingerprint density at radius 1 is 1.25 bits per heavy atom. The number of benzene rings is 1. The molecule has 0 aliphatic heterocycles. The molecule has 1 fully saturated rings. The summed E-state index contributed by atoms with van der Waals surface area (Å²) in [7, 11) is -3.50. The van der Waals surface area contributed by atoms with Crippen LogP contribution in [0.5, 0.6) is 0 Å². The minimum Gasteiger partial charge on any atom is -0.396 e. The van der Waals surface area contributed by atoms with E-state index in [9.17, 15) is 13.5 Å². The summed E-state index contributed by atoms with van der Waals surface area (Å²) in [6.45, 7) is 4.11. The summed E-state index contributed by atoms with van der Waals surface area (Å²) in [6, 6.07) is 5.32. The van der Waals surface area contributed by atoms with E-state index in [4.69, 9.17) is 0 Å². The largest absolute Gasteiger partial charge is 0.396 e. The molecule has 20 heavy (non-hydrogen) atoms. The fraction of sp³-hybridized carbons (Fsp3) is 0.600. The van der Waals surface area contributed by atoms with Crippen molar-refractivity contribution in [3.63, 3.8) is 0 Å². The molecular weight excluding hydrogens is 274 g/mol. The first-order valence-corrected chi connectivity index (χ1v) is 8.55. The van der Waals surface area contributed by atoms with Crippen molar-refractivity contribution < 1.29 is 13.5 Å². The van der Waals surface area contributed by atoms with Gasteiger partial charge in [0.25, 0.3) is 0 Å². The Morgan fingerprint density at radius 3 is 2.45 bits per heavy atom. The number of sulfonamides is 1. The zero-order valence-corrected chi connectivity index (χ0v) is 13.0. The molecule has 1 aromatic carbocycles. The van der Waals surface area contributed by atoms with Crippen molar-refractivity contribution in [2.24, 2.45) is 5.41 Å². The van der Waals surface area contributed by atoms with Crippen molar-refractivity contribution in [1.29, 1.82) is 0 Å². The predicted molar refractivity (Wildman–Crippen MR) is 79.1 cm³/mol. The lowest BCUT2D eigenvalue weighted by Gasteiger charge is -2.26. The third-order valence-corrected chi connectivity index (χ3v) is 5.82. The highest BCUT2D eigenvalue weighted by atomic mass is 32.2. The van der Waals surface area contributed by atoms with Gasteiger partial charge in [-0.2, -0.15) is 0 Å². The summed E-state index contributed by atoms with van der Waals surface area (Å²) in [5, 5.41) is 9.54.